The number of rotatable bonds is 4. The second-order valence-corrected chi connectivity index (χ2v) is 4.30. The minimum Gasteiger partial charge on any atom is -0.383 e. The molecule has 5 heteroatoms. The van der Waals surface area contributed by atoms with Gasteiger partial charge in [-0.2, -0.15) is 0 Å². The molecule has 0 unspecified atom stereocenters. The van der Waals surface area contributed by atoms with Crippen molar-refractivity contribution in [2.75, 3.05) is 46.6 Å². The zero-order chi connectivity index (χ0) is 11.4. The van der Waals surface area contributed by atoms with Crippen molar-refractivity contribution >= 4 is 6.03 Å². The van der Waals surface area contributed by atoms with E-state index in [0.29, 0.717) is 32.4 Å². The highest BCUT2D eigenvalue weighted by Crippen LogP contribution is 2.27. The van der Waals surface area contributed by atoms with Gasteiger partial charge in [0.1, 0.15) is 0 Å². The van der Waals surface area contributed by atoms with Crippen LogP contribution in [0, 0.1) is 0 Å². The number of urea groups is 1. The summed E-state index contributed by atoms with van der Waals surface area (Å²) in [7, 11) is 1.67. The maximum atomic E-state index is 12.2. The molecule has 0 bridgehead atoms. The van der Waals surface area contributed by atoms with E-state index in [2.05, 4.69) is 0 Å². The minimum absolute atomic E-state index is 0.155. The van der Waals surface area contributed by atoms with Gasteiger partial charge in [0.05, 0.1) is 19.8 Å². The Morgan fingerprint density at radius 1 is 1.44 bits per heavy atom. The first kappa shape index (κ1) is 11.7. The molecule has 0 atom stereocenters. The van der Waals surface area contributed by atoms with Crippen LogP contribution in [0.4, 0.5) is 4.79 Å². The molecule has 16 heavy (non-hydrogen) atoms. The van der Waals surface area contributed by atoms with E-state index < -0.39 is 0 Å². The molecule has 2 rings (SSSR count). The van der Waals surface area contributed by atoms with Gasteiger partial charge in [-0.3, -0.25) is 0 Å². The Morgan fingerprint density at radius 2 is 2.12 bits per heavy atom. The molecule has 5 nitrogen and oxygen atoms in total. The Morgan fingerprint density at radius 3 is 2.69 bits per heavy atom. The lowest BCUT2D eigenvalue weighted by Gasteiger charge is -2.33. The quantitative estimate of drug-likeness (QED) is 0.705. The van der Waals surface area contributed by atoms with Gasteiger partial charge in [-0.25, -0.2) is 4.79 Å². The number of hydrogen-bond donors (Lipinski definition) is 0. The second kappa shape index (κ2) is 5.50. The van der Waals surface area contributed by atoms with E-state index in [1.165, 1.54) is 0 Å². The first-order chi connectivity index (χ1) is 7.83. The number of methoxy groups -OCH3 is 1. The van der Waals surface area contributed by atoms with Gasteiger partial charge in [0.15, 0.2) is 0 Å². The van der Waals surface area contributed by atoms with E-state index >= 15 is 0 Å². The second-order valence-electron chi connectivity index (χ2n) is 4.30. The third-order valence-corrected chi connectivity index (χ3v) is 3.05. The van der Waals surface area contributed by atoms with Gasteiger partial charge in [0.2, 0.25) is 0 Å². The van der Waals surface area contributed by atoms with E-state index in [1.807, 2.05) is 9.80 Å². The first-order valence-corrected chi connectivity index (χ1v) is 5.95. The maximum Gasteiger partial charge on any atom is 0.320 e. The fourth-order valence-electron chi connectivity index (χ4n) is 1.95. The van der Waals surface area contributed by atoms with Crippen molar-refractivity contribution in [1.29, 1.82) is 0 Å². The first-order valence-electron chi connectivity index (χ1n) is 5.95. The molecular formula is C11H20N2O3. The Kier molecular flexibility index (Phi) is 4.01. The van der Waals surface area contributed by atoms with Crippen LogP contribution in [0.2, 0.25) is 0 Å². The van der Waals surface area contributed by atoms with Gasteiger partial charge in [-0.15, -0.1) is 0 Å². The van der Waals surface area contributed by atoms with Crippen LogP contribution in [-0.2, 0) is 9.47 Å². The summed E-state index contributed by atoms with van der Waals surface area (Å²) in [5, 5.41) is 0. The molecule has 1 heterocycles. The van der Waals surface area contributed by atoms with Crippen molar-refractivity contribution in [2.24, 2.45) is 0 Å². The highest BCUT2D eigenvalue weighted by molar-refractivity contribution is 5.75. The molecule has 0 N–H and O–H groups in total. The van der Waals surface area contributed by atoms with Gasteiger partial charge in [-0.05, 0) is 12.8 Å². The average molecular weight is 228 g/mol. The predicted molar refractivity (Wildman–Crippen MR) is 59.4 cm³/mol. The molecule has 0 aromatic heterocycles. The van der Waals surface area contributed by atoms with Crippen LogP contribution in [0.25, 0.3) is 0 Å². The molecule has 0 spiro atoms. The zero-order valence-corrected chi connectivity index (χ0v) is 9.85. The smallest absolute Gasteiger partial charge is 0.320 e. The third kappa shape index (κ3) is 2.86. The van der Waals surface area contributed by atoms with Crippen LogP contribution < -0.4 is 0 Å². The normalized spacial score (nSPS) is 20.9. The van der Waals surface area contributed by atoms with Crippen molar-refractivity contribution in [1.82, 2.24) is 9.80 Å². The number of morpholine rings is 1. The van der Waals surface area contributed by atoms with E-state index in [9.17, 15) is 4.79 Å². The molecule has 1 saturated carbocycles. The summed E-state index contributed by atoms with van der Waals surface area (Å²) in [6.45, 7) is 4.08. The van der Waals surface area contributed by atoms with Crippen LogP contribution in [0.1, 0.15) is 12.8 Å². The summed E-state index contributed by atoms with van der Waals surface area (Å²) in [5.41, 5.74) is 0. The highest BCUT2D eigenvalue weighted by atomic mass is 16.5. The largest absolute Gasteiger partial charge is 0.383 e. The SMILES string of the molecule is COCCN(C(=O)N1CCOCC1)C1CC1. The zero-order valence-electron chi connectivity index (χ0n) is 9.85. The highest BCUT2D eigenvalue weighted by Gasteiger charge is 2.34. The number of nitrogens with zero attached hydrogens (tertiary/aromatic N) is 2. The molecule has 1 saturated heterocycles. The molecule has 92 valence electrons. The van der Waals surface area contributed by atoms with Crippen molar-refractivity contribution < 1.29 is 14.3 Å². The summed E-state index contributed by atoms with van der Waals surface area (Å²) in [4.78, 5) is 16.1. The van der Waals surface area contributed by atoms with Crippen LogP contribution in [0.15, 0.2) is 0 Å². The summed E-state index contributed by atoms with van der Waals surface area (Å²) < 4.78 is 10.3. The molecule has 2 aliphatic rings. The minimum atomic E-state index is 0.155. The third-order valence-electron chi connectivity index (χ3n) is 3.05. The molecular weight excluding hydrogens is 208 g/mol. The average Bonchev–Trinajstić information content (AvgIpc) is 3.15. The predicted octanol–water partition coefficient (Wildman–Crippen LogP) is 0.549. The van der Waals surface area contributed by atoms with Crippen LogP contribution in [0.5, 0.6) is 0 Å². The number of ether oxygens (including phenoxy) is 2. The van der Waals surface area contributed by atoms with Gasteiger partial charge >= 0.3 is 6.03 Å². The number of carbonyl (C=O) groups excluding carboxylic acids is 1. The van der Waals surface area contributed by atoms with Gasteiger partial charge in [-0.1, -0.05) is 0 Å². The number of carbonyl (C=O) groups is 1. The molecule has 1 aliphatic heterocycles. The Bertz CT molecular complexity index is 237. The van der Waals surface area contributed by atoms with Gasteiger partial charge < -0.3 is 19.3 Å². The van der Waals surface area contributed by atoms with Gasteiger partial charge in [0.25, 0.3) is 0 Å². The molecule has 0 aromatic rings. The van der Waals surface area contributed by atoms with E-state index in [-0.39, 0.29) is 6.03 Å². The summed E-state index contributed by atoms with van der Waals surface area (Å²) in [6.07, 6.45) is 2.28. The van der Waals surface area contributed by atoms with Crippen LogP contribution >= 0.6 is 0 Å². The maximum absolute atomic E-state index is 12.2. The molecule has 0 aromatic carbocycles. The summed E-state index contributed by atoms with van der Waals surface area (Å²) >= 11 is 0. The van der Waals surface area contributed by atoms with Crippen molar-refractivity contribution in [3.05, 3.63) is 0 Å². The van der Waals surface area contributed by atoms with E-state index in [1.54, 1.807) is 7.11 Å². The fraction of sp³-hybridized carbons (Fsp3) is 0.909. The monoisotopic (exact) mass is 228 g/mol. The lowest BCUT2D eigenvalue weighted by molar-refractivity contribution is 0.0399. The summed E-state index contributed by atoms with van der Waals surface area (Å²) in [5.74, 6) is 0. The topological polar surface area (TPSA) is 42.0 Å². The Balaban J connectivity index is 1.87. The van der Waals surface area contributed by atoms with Crippen molar-refractivity contribution in [3.8, 4) is 0 Å². The van der Waals surface area contributed by atoms with Gasteiger partial charge in [0, 0.05) is 32.8 Å². The molecule has 2 fully saturated rings. The lowest BCUT2D eigenvalue weighted by Crippen LogP contribution is -2.49. The van der Waals surface area contributed by atoms with E-state index in [4.69, 9.17) is 9.47 Å². The number of amides is 2. The molecule has 0 radical (unpaired) electrons. The molecule has 1 aliphatic carbocycles. The molecule has 2 amide bonds. The Hall–Kier alpha value is -0.810. The lowest BCUT2D eigenvalue weighted by atomic mass is 10.4. The van der Waals surface area contributed by atoms with Crippen molar-refractivity contribution in [3.63, 3.8) is 0 Å². The van der Waals surface area contributed by atoms with E-state index in [0.717, 1.165) is 25.9 Å². The Labute approximate surface area is 96.3 Å². The van der Waals surface area contributed by atoms with Crippen LogP contribution in [0.3, 0.4) is 0 Å². The standard InChI is InChI=1S/C11H20N2O3/c1-15-7-6-13(10-2-3-10)11(14)12-4-8-16-9-5-12/h10H,2-9H2,1H3. The number of hydrogen-bond acceptors (Lipinski definition) is 3. The van der Waals surface area contributed by atoms with Crippen LogP contribution in [-0.4, -0.2) is 68.4 Å². The fourth-order valence-corrected chi connectivity index (χ4v) is 1.95. The van der Waals surface area contributed by atoms with Crippen molar-refractivity contribution in [2.45, 2.75) is 18.9 Å². The summed E-state index contributed by atoms with van der Waals surface area (Å²) in [6, 6.07) is 0.605.